The van der Waals surface area contributed by atoms with E-state index in [1.807, 2.05) is 22.8 Å². The Bertz CT molecular complexity index is 505. The summed E-state index contributed by atoms with van der Waals surface area (Å²) in [5.74, 6) is -0.737. The highest BCUT2D eigenvalue weighted by Gasteiger charge is 2.24. The zero-order valence-corrected chi connectivity index (χ0v) is 12.7. The number of nitrogens with zero attached hydrogens (tertiary/aromatic N) is 2. The van der Waals surface area contributed by atoms with Gasteiger partial charge < -0.3 is 10.0 Å². The fourth-order valence-electron chi connectivity index (χ4n) is 2.43. The number of carboxylic acids is 1. The summed E-state index contributed by atoms with van der Waals surface area (Å²) in [6.45, 7) is 6.65. The van der Waals surface area contributed by atoms with E-state index in [1.165, 1.54) is 10.4 Å². The van der Waals surface area contributed by atoms with Crippen molar-refractivity contribution in [1.29, 1.82) is 0 Å². The summed E-state index contributed by atoms with van der Waals surface area (Å²) in [5.41, 5.74) is 1.24. The highest BCUT2D eigenvalue weighted by molar-refractivity contribution is 7.14. The van der Waals surface area contributed by atoms with Crippen molar-refractivity contribution in [3.63, 3.8) is 0 Å². The molecule has 6 heteroatoms. The zero-order chi connectivity index (χ0) is 14.7. The van der Waals surface area contributed by atoms with Crippen LogP contribution in [0.2, 0.25) is 0 Å². The van der Waals surface area contributed by atoms with Crippen molar-refractivity contribution in [2.45, 2.75) is 20.3 Å². The van der Waals surface area contributed by atoms with Crippen LogP contribution in [0.4, 0.5) is 0 Å². The second-order valence-corrected chi connectivity index (χ2v) is 6.26. The Kier molecular flexibility index (Phi) is 4.77. The Morgan fingerprint density at radius 1 is 1.30 bits per heavy atom. The number of amides is 1. The first-order chi connectivity index (χ1) is 9.51. The van der Waals surface area contributed by atoms with Crippen molar-refractivity contribution >= 4 is 23.2 Å². The largest absolute Gasteiger partial charge is 0.480 e. The van der Waals surface area contributed by atoms with Crippen molar-refractivity contribution in [1.82, 2.24) is 9.80 Å². The SMILES string of the molecule is CCc1cc(C(=O)N2CCN(CC(=O)O)CC2)sc1C. The van der Waals surface area contributed by atoms with E-state index in [9.17, 15) is 9.59 Å². The molecule has 20 heavy (non-hydrogen) atoms. The minimum absolute atomic E-state index is 0.0557. The standard InChI is InChI=1S/C14H20N2O3S/c1-3-11-8-12(20-10(11)2)14(19)16-6-4-15(5-7-16)9-13(17)18/h8H,3-7,9H2,1-2H3,(H,17,18). The predicted molar refractivity (Wildman–Crippen MR) is 78.4 cm³/mol. The first-order valence-corrected chi connectivity index (χ1v) is 7.65. The van der Waals surface area contributed by atoms with E-state index in [2.05, 4.69) is 6.92 Å². The Morgan fingerprint density at radius 2 is 1.95 bits per heavy atom. The highest BCUT2D eigenvalue weighted by atomic mass is 32.1. The minimum atomic E-state index is -0.814. The number of carbonyl (C=O) groups is 2. The Balaban J connectivity index is 1.96. The second kappa shape index (κ2) is 6.37. The summed E-state index contributed by atoms with van der Waals surface area (Å²) < 4.78 is 0. The number of hydrogen-bond acceptors (Lipinski definition) is 4. The molecule has 2 rings (SSSR count). The third kappa shape index (κ3) is 3.37. The lowest BCUT2D eigenvalue weighted by Gasteiger charge is -2.33. The van der Waals surface area contributed by atoms with E-state index in [0.717, 1.165) is 11.3 Å². The van der Waals surface area contributed by atoms with E-state index in [1.54, 1.807) is 11.3 Å². The molecule has 1 aromatic rings. The molecular formula is C14H20N2O3S. The molecule has 1 aliphatic heterocycles. The average Bonchev–Trinajstić information content (AvgIpc) is 2.79. The van der Waals surface area contributed by atoms with E-state index < -0.39 is 5.97 Å². The quantitative estimate of drug-likeness (QED) is 0.914. The molecule has 0 spiro atoms. The van der Waals surface area contributed by atoms with Gasteiger partial charge in [0.1, 0.15) is 0 Å². The number of piperazine rings is 1. The molecule has 0 bridgehead atoms. The maximum atomic E-state index is 12.4. The minimum Gasteiger partial charge on any atom is -0.480 e. The summed E-state index contributed by atoms with van der Waals surface area (Å²) >= 11 is 1.55. The molecule has 0 saturated carbocycles. The fourth-order valence-corrected chi connectivity index (χ4v) is 3.51. The summed E-state index contributed by atoms with van der Waals surface area (Å²) in [5, 5.41) is 8.76. The highest BCUT2D eigenvalue weighted by Crippen LogP contribution is 2.23. The zero-order valence-electron chi connectivity index (χ0n) is 11.9. The number of thiophene rings is 1. The molecule has 0 radical (unpaired) electrons. The van der Waals surface area contributed by atoms with E-state index in [-0.39, 0.29) is 12.5 Å². The van der Waals surface area contributed by atoms with Crippen molar-refractivity contribution in [2.75, 3.05) is 32.7 Å². The van der Waals surface area contributed by atoms with Gasteiger partial charge in [-0.1, -0.05) is 6.92 Å². The molecule has 0 unspecified atom stereocenters. The number of carboxylic acid groups (broad SMARTS) is 1. The molecule has 110 valence electrons. The van der Waals surface area contributed by atoms with Gasteiger partial charge in [-0.2, -0.15) is 0 Å². The van der Waals surface area contributed by atoms with Gasteiger partial charge in [-0.25, -0.2) is 0 Å². The molecular weight excluding hydrogens is 276 g/mol. The number of carbonyl (C=O) groups excluding carboxylic acids is 1. The maximum Gasteiger partial charge on any atom is 0.317 e. The van der Waals surface area contributed by atoms with Crippen LogP contribution in [-0.2, 0) is 11.2 Å². The van der Waals surface area contributed by atoms with Gasteiger partial charge in [-0.05, 0) is 25.0 Å². The molecule has 2 heterocycles. The first kappa shape index (κ1) is 15.0. The number of aryl methyl sites for hydroxylation is 2. The number of rotatable bonds is 4. The third-order valence-electron chi connectivity index (χ3n) is 3.63. The van der Waals surface area contributed by atoms with Crippen LogP contribution in [0.15, 0.2) is 6.07 Å². The van der Waals surface area contributed by atoms with Gasteiger partial charge in [-0.3, -0.25) is 14.5 Å². The second-order valence-electron chi connectivity index (χ2n) is 5.01. The van der Waals surface area contributed by atoms with Gasteiger partial charge in [0.15, 0.2) is 0 Å². The van der Waals surface area contributed by atoms with Crippen LogP contribution < -0.4 is 0 Å². The van der Waals surface area contributed by atoms with Crippen LogP contribution in [0, 0.1) is 6.92 Å². The maximum absolute atomic E-state index is 12.4. The molecule has 1 amide bonds. The molecule has 0 aromatic carbocycles. The lowest BCUT2D eigenvalue weighted by molar-refractivity contribution is -0.138. The topological polar surface area (TPSA) is 60.9 Å². The third-order valence-corrected chi connectivity index (χ3v) is 4.71. The lowest BCUT2D eigenvalue weighted by atomic mass is 10.2. The van der Waals surface area contributed by atoms with Gasteiger partial charge in [0.2, 0.25) is 0 Å². The molecule has 1 fully saturated rings. The summed E-state index contributed by atoms with van der Waals surface area (Å²) in [6.07, 6.45) is 0.946. The average molecular weight is 296 g/mol. The van der Waals surface area contributed by atoms with E-state index in [4.69, 9.17) is 5.11 Å². The van der Waals surface area contributed by atoms with E-state index >= 15 is 0 Å². The normalized spacial score (nSPS) is 16.4. The summed E-state index contributed by atoms with van der Waals surface area (Å²) in [7, 11) is 0. The van der Waals surface area contributed by atoms with Crippen LogP contribution in [0.25, 0.3) is 0 Å². The molecule has 1 aliphatic rings. The molecule has 0 atom stereocenters. The van der Waals surface area contributed by atoms with Crippen molar-refractivity contribution in [2.24, 2.45) is 0 Å². The van der Waals surface area contributed by atoms with Gasteiger partial charge in [0.05, 0.1) is 11.4 Å². The van der Waals surface area contributed by atoms with Crippen molar-refractivity contribution < 1.29 is 14.7 Å². The molecule has 0 aliphatic carbocycles. The Morgan fingerprint density at radius 3 is 2.45 bits per heavy atom. The molecule has 1 aromatic heterocycles. The first-order valence-electron chi connectivity index (χ1n) is 6.84. The van der Waals surface area contributed by atoms with Crippen LogP contribution in [0.5, 0.6) is 0 Å². The van der Waals surface area contributed by atoms with Crippen LogP contribution in [0.3, 0.4) is 0 Å². The monoisotopic (exact) mass is 296 g/mol. The van der Waals surface area contributed by atoms with Crippen LogP contribution in [0.1, 0.15) is 27.0 Å². The van der Waals surface area contributed by atoms with Gasteiger partial charge >= 0.3 is 5.97 Å². The summed E-state index contributed by atoms with van der Waals surface area (Å²) in [6, 6.07) is 1.99. The van der Waals surface area contributed by atoms with Crippen molar-refractivity contribution in [3.05, 3.63) is 21.4 Å². The van der Waals surface area contributed by atoms with Gasteiger partial charge in [0, 0.05) is 31.1 Å². The van der Waals surface area contributed by atoms with E-state index in [0.29, 0.717) is 26.2 Å². The van der Waals surface area contributed by atoms with Crippen LogP contribution >= 0.6 is 11.3 Å². The summed E-state index contributed by atoms with van der Waals surface area (Å²) in [4.78, 5) is 28.8. The Labute approximate surface area is 122 Å². The Hall–Kier alpha value is -1.40. The molecule has 1 saturated heterocycles. The fraction of sp³-hybridized carbons (Fsp3) is 0.571. The number of hydrogen-bond donors (Lipinski definition) is 1. The lowest BCUT2D eigenvalue weighted by Crippen LogP contribution is -2.49. The van der Waals surface area contributed by atoms with Gasteiger partial charge in [-0.15, -0.1) is 11.3 Å². The van der Waals surface area contributed by atoms with Crippen LogP contribution in [-0.4, -0.2) is 59.5 Å². The van der Waals surface area contributed by atoms with Crippen molar-refractivity contribution in [3.8, 4) is 0 Å². The molecule has 5 nitrogen and oxygen atoms in total. The smallest absolute Gasteiger partial charge is 0.317 e. The number of aliphatic carboxylic acids is 1. The molecule has 1 N–H and O–H groups in total. The predicted octanol–water partition coefficient (Wildman–Crippen LogP) is 1.46. The van der Waals surface area contributed by atoms with Gasteiger partial charge in [0.25, 0.3) is 5.91 Å².